The van der Waals surface area contributed by atoms with Crippen molar-refractivity contribution in [3.05, 3.63) is 254 Å². The van der Waals surface area contributed by atoms with E-state index in [0.717, 1.165) is 99.8 Å². The summed E-state index contributed by atoms with van der Waals surface area (Å²) in [6.45, 7) is 0. The summed E-state index contributed by atoms with van der Waals surface area (Å²) in [5.41, 5.74) is 15.4. The highest BCUT2D eigenvalue weighted by Gasteiger charge is 2.28. The fraction of sp³-hybridized carbons (Fsp3) is 0.0159. The fourth-order valence-electron chi connectivity index (χ4n) is 10.9. The van der Waals surface area contributed by atoms with Crippen LogP contribution in [0, 0.1) is 0 Å². The molecule has 3 aromatic heterocycles. The molecule has 14 rings (SSSR count). The lowest BCUT2D eigenvalue weighted by Gasteiger charge is -2.25. The van der Waals surface area contributed by atoms with E-state index in [1.165, 1.54) is 16.2 Å². The standard InChI is InChI=1S/C63H42N6/c1-5-20-41(21-6-1)44-26-19-27-45(40-44)62-64-61(43-24-9-3-10-25-43)65-63(66-62)69-55-35-18-15-32-49(55)52-37-36-51-48-31-14-17-34-54(48)68(59(51)60(52)69)56-39-38-50-47-30-13-16-33-53(47)67(46-28-11-4-12-29-46)58(50)57(56)42-22-7-2-8-23-42/h1-40,62H,(H,64,65,66). The number of aliphatic imine (C=N–C) groups is 2. The number of nitrogens with zero attached hydrogens (tertiary/aromatic N) is 5. The molecule has 0 fully saturated rings. The lowest BCUT2D eigenvalue weighted by atomic mass is 9.99. The molecular weight excluding hydrogens is 841 g/mol. The van der Waals surface area contributed by atoms with Crippen molar-refractivity contribution >= 4 is 77.2 Å². The van der Waals surface area contributed by atoms with Gasteiger partial charge in [-0.15, -0.1) is 0 Å². The third kappa shape index (κ3) is 6.12. The lowest BCUT2D eigenvalue weighted by molar-refractivity contribution is 0.669. The molecule has 0 spiro atoms. The number of amidine groups is 1. The molecule has 1 unspecified atom stereocenters. The third-order valence-electron chi connectivity index (χ3n) is 13.9. The van der Waals surface area contributed by atoms with E-state index < -0.39 is 6.17 Å². The molecule has 0 bridgehead atoms. The van der Waals surface area contributed by atoms with Gasteiger partial charge in [-0.25, -0.2) is 4.99 Å². The highest BCUT2D eigenvalue weighted by molar-refractivity contribution is 6.27. The van der Waals surface area contributed by atoms with Crippen molar-refractivity contribution in [3.63, 3.8) is 0 Å². The van der Waals surface area contributed by atoms with Gasteiger partial charge in [0.2, 0.25) is 5.96 Å². The monoisotopic (exact) mass is 882 g/mol. The molecule has 10 aromatic carbocycles. The zero-order valence-electron chi connectivity index (χ0n) is 37.4. The minimum Gasteiger partial charge on any atom is -0.344 e. The first-order valence-corrected chi connectivity index (χ1v) is 23.5. The molecule has 69 heavy (non-hydrogen) atoms. The van der Waals surface area contributed by atoms with Gasteiger partial charge in [-0.05, 0) is 64.7 Å². The average molecular weight is 883 g/mol. The van der Waals surface area contributed by atoms with Gasteiger partial charge in [0.1, 0.15) is 12.0 Å². The topological polar surface area (TPSA) is 51.5 Å². The number of rotatable bonds is 6. The molecule has 0 radical (unpaired) electrons. The second-order valence-corrected chi connectivity index (χ2v) is 17.8. The van der Waals surface area contributed by atoms with Crippen LogP contribution in [0.15, 0.2) is 253 Å². The summed E-state index contributed by atoms with van der Waals surface area (Å²) in [6, 6.07) is 87.0. The molecule has 0 aliphatic carbocycles. The van der Waals surface area contributed by atoms with E-state index in [1.807, 2.05) is 6.07 Å². The number of benzene rings is 10. The molecule has 0 amide bonds. The van der Waals surface area contributed by atoms with Gasteiger partial charge in [0.15, 0.2) is 0 Å². The minimum atomic E-state index is -0.426. The Morgan fingerprint density at radius 2 is 0.826 bits per heavy atom. The van der Waals surface area contributed by atoms with Gasteiger partial charge in [0.05, 0.1) is 38.8 Å². The van der Waals surface area contributed by atoms with Crippen molar-refractivity contribution in [1.29, 1.82) is 0 Å². The SMILES string of the molecule is c1ccc(C2=NC(n3c4ccccc4c4ccc5c6ccccc6n(-c6ccc7c8ccccc8n(-c8ccccc8)c7c6-c6ccccc6)c5c43)=NC(c3cccc(-c4ccccc4)c3)N2)cc1. The summed E-state index contributed by atoms with van der Waals surface area (Å²) < 4.78 is 7.29. The molecule has 0 saturated heterocycles. The molecule has 6 heteroatoms. The zero-order valence-corrected chi connectivity index (χ0v) is 37.4. The number of aromatic nitrogens is 3. The zero-order chi connectivity index (χ0) is 45.4. The van der Waals surface area contributed by atoms with E-state index in [2.05, 4.69) is 256 Å². The van der Waals surface area contributed by atoms with Crippen molar-refractivity contribution in [2.45, 2.75) is 6.17 Å². The first-order valence-electron chi connectivity index (χ1n) is 23.5. The molecule has 1 atom stereocenters. The Morgan fingerprint density at radius 1 is 0.348 bits per heavy atom. The number of fused-ring (bicyclic) bond motifs is 10. The quantitative estimate of drug-likeness (QED) is 0.178. The Hall–Kier alpha value is -9.26. The van der Waals surface area contributed by atoms with Crippen LogP contribution in [-0.2, 0) is 0 Å². The second-order valence-electron chi connectivity index (χ2n) is 17.8. The number of para-hydroxylation sites is 4. The Balaban J connectivity index is 1.12. The van der Waals surface area contributed by atoms with Crippen LogP contribution in [0.4, 0.5) is 0 Å². The molecule has 1 aliphatic heterocycles. The largest absolute Gasteiger partial charge is 0.344 e. The Labute approximate surface area is 398 Å². The van der Waals surface area contributed by atoms with Gasteiger partial charge in [0, 0.05) is 49.1 Å². The van der Waals surface area contributed by atoms with Crippen LogP contribution >= 0.6 is 0 Å². The van der Waals surface area contributed by atoms with Crippen LogP contribution in [0.1, 0.15) is 17.3 Å². The average Bonchev–Trinajstić information content (AvgIpc) is 4.07. The molecule has 1 N–H and O–H groups in total. The molecular formula is C63H42N6. The third-order valence-corrected chi connectivity index (χ3v) is 13.9. The van der Waals surface area contributed by atoms with Crippen LogP contribution in [0.25, 0.3) is 99.0 Å². The van der Waals surface area contributed by atoms with Crippen LogP contribution < -0.4 is 5.32 Å². The van der Waals surface area contributed by atoms with Gasteiger partial charge in [-0.2, -0.15) is 4.99 Å². The second kappa shape index (κ2) is 15.7. The van der Waals surface area contributed by atoms with Gasteiger partial charge < -0.3 is 14.5 Å². The van der Waals surface area contributed by atoms with Crippen LogP contribution in [-0.4, -0.2) is 25.5 Å². The fourth-order valence-corrected chi connectivity index (χ4v) is 10.9. The van der Waals surface area contributed by atoms with Gasteiger partial charge in [-0.1, -0.05) is 200 Å². The van der Waals surface area contributed by atoms with Crippen LogP contribution in [0.3, 0.4) is 0 Å². The van der Waals surface area contributed by atoms with Gasteiger partial charge in [0.25, 0.3) is 0 Å². The van der Waals surface area contributed by atoms with Crippen molar-refractivity contribution < 1.29 is 0 Å². The Bertz CT molecular complexity index is 4200. The minimum absolute atomic E-state index is 0.426. The first kappa shape index (κ1) is 39.0. The predicted octanol–water partition coefficient (Wildman–Crippen LogP) is 15.3. The molecule has 13 aromatic rings. The van der Waals surface area contributed by atoms with E-state index in [4.69, 9.17) is 9.98 Å². The van der Waals surface area contributed by atoms with E-state index in [-0.39, 0.29) is 0 Å². The summed E-state index contributed by atoms with van der Waals surface area (Å²) in [6.07, 6.45) is -0.426. The van der Waals surface area contributed by atoms with Crippen molar-refractivity contribution in [2.24, 2.45) is 9.98 Å². The van der Waals surface area contributed by atoms with Gasteiger partial charge >= 0.3 is 0 Å². The van der Waals surface area contributed by atoms with E-state index in [9.17, 15) is 0 Å². The number of hydrogen-bond acceptors (Lipinski definition) is 3. The summed E-state index contributed by atoms with van der Waals surface area (Å²) in [5, 5.41) is 10.8. The summed E-state index contributed by atoms with van der Waals surface area (Å²) >= 11 is 0. The summed E-state index contributed by atoms with van der Waals surface area (Å²) in [5.74, 6) is 1.38. The maximum Gasteiger partial charge on any atom is 0.234 e. The predicted molar refractivity (Wildman–Crippen MR) is 287 cm³/mol. The molecule has 1 aliphatic rings. The lowest BCUT2D eigenvalue weighted by Crippen LogP contribution is -2.35. The van der Waals surface area contributed by atoms with E-state index in [0.29, 0.717) is 5.96 Å². The van der Waals surface area contributed by atoms with Crippen LogP contribution in [0.2, 0.25) is 0 Å². The molecule has 4 heterocycles. The molecule has 6 nitrogen and oxygen atoms in total. The molecule has 324 valence electrons. The Kier molecular flexibility index (Phi) is 8.86. The highest BCUT2D eigenvalue weighted by Crippen LogP contribution is 2.46. The summed E-state index contributed by atoms with van der Waals surface area (Å²) in [7, 11) is 0. The van der Waals surface area contributed by atoms with Crippen molar-refractivity contribution in [2.75, 3.05) is 0 Å². The van der Waals surface area contributed by atoms with E-state index >= 15 is 0 Å². The molecule has 0 saturated carbocycles. The maximum absolute atomic E-state index is 5.61. The van der Waals surface area contributed by atoms with Crippen molar-refractivity contribution in [3.8, 4) is 33.6 Å². The van der Waals surface area contributed by atoms with Crippen molar-refractivity contribution in [1.82, 2.24) is 19.0 Å². The van der Waals surface area contributed by atoms with E-state index in [1.54, 1.807) is 0 Å². The normalized spacial score (nSPS) is 13.9. The van der Waals surface area contributed by atoms with Crippen LogP contribution in [0.5, 0.6) is 0 Å². The highest BCUT2D eigenvalue weighted by atomic mass is 15.3. The number of hydrogen-bond donors (Lipinski definition) is 1. The van der Waals surface area contributed by atoms with Gasteiger partial charge in [-0.3, -0.25) is 4.57 Å². The Morgan fingerprint density at radius 3 is 1.46 bits per heavy atom. The maximum atomic E-state index is 5.61. The summed E-state index contributed by atoms with van der Waals surface area (Å²) in [4.78, 5) is 11.1. The first-order chi connectivity index (χ1) is 34.3. The smallest absolute Gasteiger partial charge is 0.234 e. The number of nitrogens with one attached hydrogen (secondary N) is 1.